The number of halogens is 1. The van der Waals surface area contributed by atoms with Crippen molar-refractivity contribution in [1.29, 1.82) is 0 Å². The summed E-state index contributed by atoms with van der Waals surface area (Å²) in [6.45, 7) is 4.14. The predicted molar refractivity (Wildman–Crippen MR) is 99.8 cm³/mol. The van der Waals surface area contributed by atoms with Crippen molar-refractivity contribution in [3.63, 3.8) is 0 Å². The lowest BCUT2D eigenvalue weighted by Crippen LogP contribution is -2.26. The van der Waals surface area contributed by atoms with Crippen LogP contribution in [0.15, 0.2) is 42.6 Å². The molecule has 0 amide bonds. The molecule has 0 bridgehead atoms. The van der Waals surface area contributed by atoms with Crippen molar-refractivity contribution < 1.29 is 13.9 Å². The lowest BCUT2D eigenvalue weighted by Gasteiger charge is -2.26. The zero-order chi connectivity index (χ0) is 18.8. The lowest BCUT2D eigenvalue weighted by molar-refractivity contribution is 0.0601. The second-order valence-electron chi connectivity index (χ2n) is 6.33. The van der Waals surface area contributed by atoms with Gasteiger partial charge in [0.05, 0.1) is 29.6 Å². The van der Waals surface area contributed by atoms with E-state index in [9.17, 15) is 9.18 Å². The fourth-order valence-corrected chi connectivity index (χ4v) is 2.69. The van der Waals surface area contributed by atoms with Gasteiger partial charge in [-0.15, -0.1) is 0 Å². The van der Waals surface area contributed by atoms with Gasteiger partial charge >= 0.3 is 5.97 Å². The Hall–Kier alpha value is -3.02. The van der Waals surface area contributed by atoms with E-state index in [1.54, 1.807) is 24.3 Å². The predicted octanol–water partition coefficient (Wildman–Crippen LogP) is 4.07. The van der Waals surface area contributed by atoms with Crippen molar-refractivity contribution in [2.75, 3.05) is 19.1 Å². The summed E-state index contributed by atoms with van der Waals surface area (Å²) in [5, 5.41) is 0.828. The average Bonchev–Trinajstić information content (AvgIpc) is 2.65. The zero-order valence-electron chi connectivity index (χ0n) is 15.2. The first-order valence-corrected chi connectivity index (χ1v) is 8.28. The minimum Gasteiger partial charge on any atom is -0.465 e. The number of esters is 1. The molecule has 5 nitrogen and oxygen atoms in total. The number of hydrogen-bond acceptors (Lipinski definition) is 5. The third-order valence-corrected chi connectivity index (χ3v) is 4.37. The van der Waals surface area contributed by atoms with E-state index in [2.05, 4.69) is 23.7 Å². The SMILES string of the molecule is COC(=O)c1ccc2nc(-c3ccc(F)nc3)c(N(C)C(C)C)cc2c1. The Labute approximate surface area is 151 Å². The number of nitrogens with zero attached hydrogens (tertiary/aromatic N) is 3. The van der Waals surface area contributed by atoms with Gasteiger partial charge in [0, 0.05) is 30.2 Å². The molecule has 0 saturated carbocycles. The van der Waals surface area contributed by atoms with Gasteiger partial charge in [0.25, 0.3) is 0 Å². The number of rotatable bonds is 4. The summed E-state index contributed by atoms with van der Waals surface area (Å²) in [6, 6.07) is 10.4. The van der Waals surface area contributed by atoms with Crippen molar-refractivity contribution in [1.82, 2.24) is 9.97 Å². The molecule has 2 heterocycles. The van der Waals surface area contributed by atoms with Gasteiger partial charge < -0.3 is 9.64 Å². The van der Waals surface area contributed by atoms with Crippen molar-refractivity contribution in [2.24, 2.45) is 0 Å². The molecule has 0 aliphatic heterocycles. The van der Waals surface area contributed by atoms with Crippen LogP contribution in [0.4, 0.5) is 10.1 Å². The lowest BCUT2D eigenvalue weighted by atomic mass is 10.1. The highest BCUT2D eigenvalue weighted by atomic mass is 19.1. The number of ether oxygens (including phenoxy) is 1. The molecule has 0 N–H and O–H groups in total. The standard InChI is InChI=1S/C20H20FN3O2/c1-12(2)24(3)17-10-15-9-13(20(25)26-4)5-7-16(15)23-19(17)14-6-8-18(21)22-11-14/h5-12H,1-4H3. The van der Waals surface area contributed by atoms with E-state index in [-0.39, 0.29) is 6.04 Å². The van der Waals surface area contributed by atoms with Crippen molar-refractivity contribution in [2.45, 2.75) is 19.9 Å². The summed E-state index contributed by atoms with van der Waals surface area (Å²) in [7, 11) is 3.32. The molecule has 0 unspecified atom stereocenters. The summed E-state index contributed by atoms with van der Waals surface area (Å²) >= 11 is 0. The highest BCUT2D eigenvalue weighted by Crippen LogP contribution is 2.33. The molecule has 0 fully saturated rings. The topological polar surface area (TPSA) is 55.3 Å². The Morgan fingerprint density at radius 3 is 2.58 bits per heavy atom. The first-order chi connectivity index (χ1) is 12.4. The van der Waals surface area contributed by atoms with Crippen molar-refractivity contribution in [3.8, 4) is 11.3 Å². The third kappa shape index (κ3) is 3.35. The van der Waals surface area contributed by atoms with Crippen LogP contribution in [-0.2, 0) is 4.74 Å². The van der Waals surface area contributed by atoms with Gasteiger partial charge in [-0.1, -0.05) is 0 Å². The molecule has 0 saturated heterocycles. The molecule has 0 aliphatic carbocycles. The Bertz CT molecular complexity index is 955. The number of benzene rings is 1. The first-order valence-electron chi connectivity index (χ1n) is 8.28. The van der Waals surface area contributed by atoms with Gasteiger partial charge in [-0.2, -0.15) is 4.39 Å². The highest BCUT2D eigenvalue weighted by Gasteiger charge is 2.16. The Kier molecular flexibility index (Phi) is 4.84. The summed E-state index contributed by atoms with van der Waals surface area (Å²) < 4.78 is 18.0. The summed E-state index contributed by atoms with van der Waals surface area (Å²) in [4.78, 5) is 22.4. The van der Waals surface area contributed by atoms with E-state index >= 15 is 0 Å². The summed E-state index contributed by atoms with van der Waals surface area (Å²) in [6.07, 6.45) is 1.48. The minimum absolute atomic E-state index is 0.227. The van der Waals surface area contributed by atoms with Crippen LogP contribution in [-0.4, -0.2) is 36.1 Å². The molecule has 2 aromatic heterocycles. The van der Waals surface area contributed by atoms with Gasteiger partial charge in [0.15, 0.2) is 0 Å². The molecule has 134 valence electrons. The maximum Gasteiger partial charge on any atom is 0.337 e. The van der Waals surface area contributed by atoms with Gasteiger partial charge in [-0.25, -0.2) is 14.8 Å². The molecule has 6 heteroatoms. The van der Waals surface area contributed by atoms with Crippen LogP contribution >= 0.6 is 0 Å². The molecule has 3 aromatic rings. The fraction of sp³-hybridized carbons (Fsp3) is 0.250. The van der Waals surface area contributed by atoms with E-state index in [0.717, 1.165) is 22.2 Å². The van der Waals surface area contributed by atoms with Gasteiger partial charge in [0.2, 0.25) is 5.95 Å². The number of hydrogen-bond donors (Lipinski definition) is 0. The number of anilines is 1. The molecule has 26 heavy (non-hydrogen) atoms. The molecule has 1 aromatic carbocycles. The molecule has 0 aliphatic rings. The third-order valence-electron chi connectivity index (χ3n) is 4.37. The van der Waals surface area contributed by atoms with Crippen LogP contribution in [0, 0.1) is 5.95 Å². The molecule has 3 rings (SSSR count). The Balaban J connectivity index is 2.23. The van der Waals surface area contributed by atoms with E-state index in [1.165, 1.54) is 19.4 Å². The van der Waals surface area contributed by atoms with Crippen molar-refractivity contribution in [3.05, 3.63) is 54.1 Å². The second kappa shape index (κ2) is 7.07. The maximum atomic E-state index is 13.2. The van der Waals surface area contributed by atoms with Crippen LogP contribution in [0.3, 0.4) is 0 Å². The van der Waals surface area contributed by atoms with Crippen LogP contribution < -0.4 is 4.90 Å². The average molecular weight is 353 g/mol. The monoisotopic (exact) mass is 353 g/mol. The summed E-state index contributed by atoms with van der Waals surface area (Å²) in [5.41, 5.74) is 3.52. The Morgan fingerprint density at radius 1 is 1.19 bits per heavy atom. The first kappa shape index (κ1) is 17.8. The normalized spacial score (nSPS) is 11.0. The number of pyridine rings is 2. The largest absolute Gasteiger partial charge is 0.465 e. The Morgan fingerprint density at radius 2 is 1.96 bits per heavy atom. The number of carbonyl (C=O) groups is 1. The van der Waals surface area contributed by atoms with Gasteiger partial charge in [-0.05, 0) is 50.2 Å². The van der Waals surface area contributed by atoms with Crippen LogP contribution in [0.1, 0.15) is 24.2 Å². The van der Waals surface area contributed by atoms with Crippen molar-refractivity contribution >= 4 is 22.6 Å². The van der Waals surface area contributed by atoms with Gasteiger partial charge in [0.1, 0.15) is 0 Å². The highest BCUT2D eigenvalue weighted by molar-refractivity contribution is 5.96. The van der Waals surface area contributed by atoms with Crippen LogP contribution in [0.2, 0.25) is 0 Å². The fourth-order valence-electron chi connectivity index (χ4n) is 2.69. The minimum atomic E-state index is -0.531. The maximum absolute atomic E-state index is 13.2. The molecule has 0 atom stereocenters. The smallest absolute Gasteiger partial charge is 0.337 e. The van der Waals surface area contributed by atoms with Crippen LogP contribution in [0.5, 0.6) is 0 Å². The zero-order valence-corrected chi connectivity index (χ0v) is 15.2. The number of methoxy groups -OCH3 is 1. The number of carbonyl (C=O) groups excluding carboxylic acids is 1. The van der Waals surface area contributed by atoms with Gasteiger partial charge in [-0.3, -0.25) is 0 Å². The second-order valence-corrected chi connectivity index (χ2v) is 6.33. The summed E-state index contributed by atoms with van der Waals surface area (Å²) in [5.74, 6) is -0.923. The molecular formula is C20H20FN3O2. The molecule has 0 radical (unpaired) electrons. The van der Waals surface area contributed by atoms with E-state index in [0.29, 0.717) is 11.3 Å². The molecule has 0 spiro atoms. The van der Waals surface area contributed by atoms with E-state index in [1.807, 2.05) is 13.1 Å². The quantitative estimate of drug-likeness (QED) is 0.523. The molecular weight excluding hydrogens is 333 g/mol. The number of aromatic nitrogens is 2. The van der Waals surface area contributed by atoms with E-state index < -0.39 is 11.9 Å². The van der Waals surface area contributed by atoms with E-state index in [4.69, 9.17) is 9.72 Å². The number of fused-ring (bicyclic) bond motifs is 1. The van der Waals surface area contributed by atoms with Crippen LogP contribution in [0.25, 0.3) is 22.2 Å².